The molecule has 0 aliphatic carbocycles. The zero-order chi connectivity index (χ0) is 13.0. The zero-order valence-corrected chi connectivity index (χ0v) is 11.4. The van der Waals surface area contributed by atoms with Gasteiger partial charge < -0.3 is 4.74 Å². The first-order chi connectivity index (χ1) is 8.66. The SMILES string of the molecule is Cc1ccccc1C(=O)CS(=O)CC1CCCO1. The summed E-state index contributed by atoms with van der Waals surface area (Å²) in [6.45, 7) is 2.66. The van der Waals surface area contributed by atoms with Crippen molar-refractivity contribution in [2.45, 2.75) is 25.9 Å². The second kappa shape index (κ2) is 6.25. The van der Waals surface area contributed by atoms with Gasteiger partial charge in [-0.25, -0.2) is 0 Å². The number of ether oxygens (including phenoxy) is 1. The van der Waals surface area contributed by atoms with Crippen LogP contribution in [0.15, 0.2) is 24.3 Å². The number of ketones is 1. The van der Waals surface area contributed by atoms with Crippen molar-refractivity contribution in [3.05, 3.63) is 35.4 Å². The fourth-order valence-electron chi connectivity index (χ4n) is 2.15. The quantitative estimate of drug-likeness (QED) is 0.767. The van der Waals surface area contributed by atoms with E-state index in [-0.39, 0.29) is 17.6 Å². The second-order valence-electron chi connectivity index (χ2n) is 4.62. The van der Waals surface area contributed by atoms with Gasteiger partial charge >= 0.3 is 0 Å². The van der Waals surface area contributed by atoms with Crippen molar-refractivity contribution < 1.29 is 13.7 Å². The molecule has 4 heteroatoms. The third kappa shape index (κ3) is 3.50. The molecule has 0 aromatic heterocycles. The van der Waals surface area contributed by atoms with Crippen molar-refractivity contribution in [3.63, 3.8) is 0 Å². The molecule has 1 aliphatic heterocycles. The van der Waals surface area contributed by atoms with E-state index in [1.54, 1.807) is 6.07 Å². The number of benzene rings is 1. The molecular formula is C14H18O3S. The van der Waals surface area contributed by atoms with E-state index in [0.29, 0.717) is 11.3 Å². The number of carbonyl (C=O) groups is 1. The van der Waals surface area contributed by atoms with Crippen LogP contribution in [-0.2, 0) is 15.5 Å². The van der Waals surface area contributed by atoms with Crippen molar-refractivity contribution in [3.8, 4) is 0 Å². The van der Waals surface area contributed by atoms with Crippen molar-refractivity contribution in [1.82, 2.24) is 0 Å². The Bertz CT molecular complexity index is 450. The van der Waals surface area contributed by atoms with Crippen LogP contribution in [0.4, 0.5) is 0 Å². The highest BCUT2D eigenvalue weighted by atomic mass is 32.2. The molecule has 3 nitrogen and oxygen atoms in total. The molecule has 2 rings (SSSR count). The van der Waals surface area contributed by atoms with Crippen molar-refractivity contribution in [1.29, 1.82) is 0 Å². The Morgan fingerprint density at radius 2 is 2.22 bits per heavy atom. The third-order valence-corrected chi connectivity index (χ3v) is 4.46. The van der Waals surface area contributed by atoms with E-state index in [1.165, 1.54) is 0 Å². The number of carbonyl (C=O) groups excluding carboxylic acids is 1. The molecule has 1 saturated heterocycles. The molecular weight excluding hydrogens is 248 g/mol. The second-order valence-corrected chi connectivity index (χ2v) is 6.13. The van der Waals surface area contributed by atoms with Gasteiger partial charge in [0, 0.05) is 23.0 Å². The Hall–Kier alpha value is -1.00. The molecule has 1 aromatic rings. The molecule has 0 saturated carbocycles. The van der Waals surface area contributed by atoms with Gasteiger partial charge in [0.15, 0.2) is 5.78 Å². The minimum Gasteiger partial charge on any atom is -0.377 e. The van der Waals surface area contributed by atoms with Crippen LogP contribution in [0.1, 0.15) is 28.8 Å². The Balaban J connectivity index is 1.91. The fourth-order valence-corrected chi connectivity index (χ4v) is 3.40. The molecule has 1 fully saturated rings. The maximum Gasteiger partial charge on any atom is 0.175 e. The standard InChI is InChI=1S/C14H18O3S/c1-11-5-2-3-7-13(11)14(15)10-18(16)9-12-6-4-8-17-12/h2-3,5,7,12H,4,6,8-10H2,1H3. The van der Waals surface area contributed by atoms with Crippen molar-refractivity contribution in [2.75, 3.05) is 18.1 Å². The van der Waals surface area contributed by atoms with Crippen LogP contribution in [0.2, 0.25) is 0 Å². The number of rotatable bonds is 5. The van der Waals surface area contributed by atoms with Gasteiger partial charge in [0.2, 0.25) is 0 Å². The zero-order valence-electron chi connectivity index (χ0n) is 10.6. The van der Waals surface area contributed by atoms with Gasteiger partial charge in [-0.05, 0) is 25.3 Å². The summed E-state index contributed by atoms with van der Waals surface area (Å²) in [6, 6.07) is 7.43. The highest BCUT2D eigenvalue weighted by molar-refractivity contribution is 7.85. The molecule has 0 amide bonds. The van der Waals surface area contributed by atoms with Crippen LogP contribution in [0, 0.1) is 6.92 Å². The molecule has 18 heavy (non-hydrogen) atoms. The lowest BCUT2D eigenvalue weighted by Crippen LogP contribution is -2.21. The van der Waals surface area contributed by atoms with Gasteiger partial charge in [-0.3, -0.25) is 9.00 Å². The Morgan fingerprint density at radius 1 is 1.44 bits per heavy atom. The van der Waals surface area contributed by atoms with E-state index in [1.807, 2.05) is 25.1 Å². The number of hydrogen-bond donors (Lipinski definition) is 0. The summed E-state index contributed by atoms with van der Waals surface area (Å²) in [7, 11) is -1.12. The molecule has 1 aromatic carbocycles. The predicted octanol–water partition coefficient (Wildman–Crippen LogP) is 2.11. The summed E-state index contributed by atoms with van der Waals surface area (Å²) in [5.41, 5.74) is 1.62. The fraction of sp³-hybridized carbons (Fsp3) is 0.500. The van der Waals surface area contributed by atoms with Crippen LogP contribution in [0.25, 0.3) is 0 Å². The van der Waals surface area contributed by atoms with Crippen molar-refractivity contribution in [2.24, 2.45) is 0 Å². The molecule has 0 bridgehead atoms. The van der Waals surface area contributed by atoms with Gasteiger partial charge in [-0.1, -0.05) is 24.3 Å². The number of Topliss-reactive ketones (excluding diaryl/α,β-unsaturated/α-hetero) is 1. The van der Waals surface area contributed by atoms with E-state index < -0.39 is 10.8 Å². The first-order valence-corrected chi connectivity index (χ1v) is 7.71. The Labute approximate surface area is 110 Å². The van der Waals surface area contributed by atoms with E-state index in [9.17, 15) is 9.00 Å². The van der Waals surface area contributed by atoms with Crippen molar-refractivity contribution >= 4 is 16.6 Å². The lowest BCUT2D eigenvalue weighted by atomic mass is 10.1. The van der Waals surface area contributed by atoms with Gasteiger partial charge in [-0.15, -0.1) is 0 Å². The van der Waals surface area contributed by atoms with Crippen LogP contribution < -0.4 is 0 Å². The highest BCUT2D eigenvalue weighted by Crippen LogP contribution is 2.14. The largest absolute Gasteiger partial charge is 0.377 e. The summed E-state index contributed by atoms with van der Waals surface area (Å²) in [4.78, 5) is 12.0. The molecule has 1 heterocycles. The van der Waals surface area contributed by atoms with Gasteiger partial charge in [0.25, 0.3) is 0 Å². The molecule has 0 radical (unpaired) electrons. The van der Waals surface area contributed by atoms with Gasteiger partial charge in [-0.2, -0.15) is 0 Å². The lowest BCUT2D eigenvalue weighted by molar-refractivity contribution is 0.102. The average Bonchev–Trinajstić information content (AvgIpc) is 2.82. The number of hydrogen-bond acceptors (Lipinski definition) is 3. The summed E-state index contributed by atoms with van der Waals surface area (Å²) in [5, 5.41) is 0. The topological polar surface area (TPSA) is 43.4 Å². The minimum atomic E-state index is -1.12. The molecule has 2 atom stereocenters. The number of aryl methyl sites for hydroxylation is 1. The van der Waals surface area contributed by atoms with E-state index in [2.05, 4.69) is 0 Å². The molecule has 0 N–H and O–H groups in total. The molecule has 2 unspecified atom stereocenters. The Kier molecular flexibility index (Phi) is 4.66. The molecule has 1 aliphatic rings. The monoisotopic (exact) mass is 266 g/mol. The van der Waals surface area contributed by atoms with Crippen LogP contribution in [-0.4, -0.2) is 34.2 Å². The van der Waals surface area contributed by atoms with Crippen LogP contribution in [0.3, 0.4) is 0 Å². The molecule has 0 spiro atoms. The van der Waals surface area contributed by atoms with E-state index in [4.69, 9.17) is 4.74 Å². The normalized spacial score (nSPS) is 20.8. The summed E-state index contributed by atoms with van der Waals surface area (Å²) in [6.07, 6.45) is 2.08. The first kappa shape index (κ1) is 13.4. The average molecular weight is 266 g/mol. The maximum absolute atomic E-state index is 12.0. The van der Waals surface area contributed by atoms with Gasteiger partial charge in [0.05, 0.1) is 17.6 Å². The van der Waals surface area contributed by atoms with Crippen LogP contribution >= 0.6 is 0 Å². The molecule has 98 valence electrons. The summed E-state index contributed by atoms with van der Waals surface area (Å²) in [5.74, 6) is 0.548. The lowest BCUT2D eigenvalue weighted by Gasteiger charge is -2.09. The summed E-state index contributed by atoms with van der Waals surface area (Å²) >= 11 is 0. The maximum atomic E-state index is 12.0. The summed E-state index contributed by atoms with van der Waals surface area (Å²) < 4.78 is 17.3. The Morgan fingerprint density at radius 3 is 2.89 bits per heavy atom. The van der Waals surface area contributed by atoms with Gasteiger partial charge in [0.1, 0.15) is 0 Å². The highest BCUT2D eigenvalue weighted by Gasteiger charge is 2.20. The first-order valence-electron chi connectivity index (χ1n) is 6.22. The minimum absolute atomic E-state index is 0.0376. The van der Waals surface area contributed by atoms with Crippen LogP contribution in [0.5, 0.6) is 0 Å². The predicted molar refractivity (Wildman–Crippen MR) is 72.4 cm³/mol. The van der Waals surface area contributed by atoms with E-state index in [0.717, 1.165) is 25.0 Å². The third-order valence-electron chi connectivity index (χ3n) is 3.13. The smallest absolute Gasteiger partial charge is 0.175 e. The van der Waals surface area contributed by atoms with E-state index >= 15 is 0 Å².